The third-order valence-corrected chi connectivity index (χ3v) is 4.53. The normalized spacial score (nSPS) is 14.8. The first-order chi connectivity index (χ1) is 9.70. The number of benzene rings is 1. The quantitative estimate of drug-likeness (QED) is 0.354. The highest BCUT2D eigenvalue weighted by molar-refractivity contribution is 8.13. The molecule has 1 aliphatic rings. The molecule has 114 valence electrons. The summed E-state index contributed by atoms with van der Waals surface area (Å²) < 4.78 is 27.8. The van der Waals surface area contributed by atoms with Crippen molar-refractivity contribution in [1.82, 2.24) is 0 Å². The zero-order valence-corrected chi connectivity index (χ0v) is 12.6. The van der Waals surface area contributed by atoms with E-state index in [2.05, 4.69) is 0 Å². The Labute approximate surface area is 125 Å². The van der Waals surface area contributed by atoms with Crippen molar-refractivity contribution in [2.24, 2.45) is 5.92 Å². The first kappa shape index (κ1) is 15.7. The minimum Gasteiger partial charge on any atom is -0.462 e. The summed E-state index contributed by atoms with van der Waals surface area (Å²) in [5, 5.41) is 11.0. The lowest BCUT2D eigenvalue weighted by atomic mass is 10.1. The van der Waals surface area contributed by atoms with E-state index in [1.54, 1.807) is 0 Å². The SMILES string of the molecule is Cc1c(C(=O)OCC2CC2)cc(S(=O)(=O)Cl)cc1[N+](=O)[O-]. The van der Waals surface area contributed by atoms with Crippen molar-refractivity contribution in [3.05, 3.63) is 33.4 Å². The Bertz CT molecular complexity index is 711. The number of halogens is 1. The summed E-state index contributed by atoms with van der Waals surface area (Å²) in [4.78, 5) is 21.7. The Morgan fingerprint density at radius 2 is 2.10 bits per heavy atom. The number of rotatable bonds is 5. The predicted molar refractivity (Wildman–Crippen MR) is 73.9 cm³/mol. The molecule has 1 fully saturated rings. The fourth-order valence-corrected chi connectivity index (χ4v) is 2.55. The summed E-state index contributed by atoms with van der Waals surface area (Å²) in [5.41, 5.74) is -0.607. The largest absolute Gasteiger partial charge is 0.462 e. The van der Waals surface area contributed by atoms with Crippen LogP contribution >= 0.6 is 10.7 Å². The van der Waals surface area contributed by atoms with E-state index in [1.807, 2.05) is 0 Å². The Morgan fingerprint density at radius 1 is 1.48 bits per heavy atom. The standard InChI is InChI=1S/C12H12ClNO6S/c1-7-10(12(15)20-6-8-2-3-8)4-9(21(13,18)19)5-11(7)14(16)17/h4-5,8H,2-3,6H2,1H3. The van der Waals surface area contributed by atoms with Crippen LogP contribution in [-0.2, 0) is 13.8 Å². The highest BCUT2D eigenvalue weighted by atomic mass is 35.7. The van der Waals surface area contributed by atoms with Gasteiger partial charge >= 0.3 is 5.97 Å². The third kappa shape index (κ3) is 3.70. The van der Waals surface area contributed by atoms with E-state index in [9.17, 15) is 23.3 Å². The molecule has 7 nitrogen and oxygen atoms in total. The van der Waals surface area contributed by atoms with Crippen molar-refractivity contribution < 1.29 is 22.9 Å². The molecular weight excluding hydrogens is 322 g/mol. The topological polar surface area (TPSA) is 104 Å². The highest BCUT2D eigenvalue weighted by Gasteiger charge is 2.27. The number of hydrogen-bond donors (Lipinski definition) is 0. The van der Waals surface area contributed by atoms with Gasteiger partial charge in [0.2, 0.25) is 0 Å². The maximum atomic E-state index is 12.0. The minimum atomic E-state index is -4.19. The van der Waals surface area contributed by atoms with Crippen LogP contribution in [0.2, 0.25) is 0 Å². The average molecular weight is 334 g/mol. The molecule has 0 radical (unpaired) electrons. The van der Waals surface area contributed by atoms with Gasteiger partial charge in [-0.15, -0.1) is 0 Å². The molecule has 0 heterocycles. The molecule has 0 aliphatic heterocycles. The molecule has 1 aliphatic carbocycles. The van der Waals surface area contributed by atoms with Crippen LogP contribution in [0.3, 0.4) is 0 Å². The van der Waals surface area contributed by atoms with E-state index >= 15 is 0 Å². The molecule has 0 spiro atoms. The van der Waals surface area contributed by atoms with E-state index in [0.717, 1.165) is 25.0 Å². The molecule has 1 aromatic carbocycles. The summed E-state index contributed by atoms with van der Waals surface area (Å²) in [6.45, 7) is 1.58. The lowest BCUT2D eigenvalue weighted by Gasteiger charge is -2.08. The second-order valence-electron chi connectivity index (χ2n) is 4.85. The number of nitro groups is 1. The van der Waals surface area contributed by atoms with Crippen LogP contribution in [0.4, 0.5) is 5.69 Å². The van der Waals surface area contributed by atoms with Gasteiger partial charge in [0.25, 0.3) is 14.7 Å². The molecule has 0 amide bonds. The van der Waals surface area contributed by atoms with Crippen LogP contribution in [0.1, 0.15) is 28.8 Å². The van der Waals surface area contributed by atoms with Gasteiger partial charge < -0.3 is 4.74 Å². The molecular formula is C12H12ClNO6S. The molecule has 1 saturated carbocycles. The van der Waals surface area contributed by atoms with Gasteiger partial charge in [-0.3, -0.25) is 10.1 Å². The first-order valence-corrected chi connectivity index (χ1v) is 8.42. The van der Waals surface area contributed by atoms with Gasteiger partial charge in [-0.05, 0) is 31.7 Å². The van der Waals surface area contributed by atoms with Crippen LogP contribution < -0.4 is 0 Å². The zero-order valence-electron chi connectivity index (χ0n) is 11.0. The monoisotopic (exact) mass is 333 g/mol. The van der Waals surface area contributed by atoms with Crippen LogP contribution in [0, 0.1) is 23.0 Å². The smallest absolute Gasteiger partial charge is 0.338 e. The van der Waals surface area contributed by atoms with E-state index in [4.69, 9.17) is 15.4 Å². The molecule has 0 saturated heterocycles. The van der Waals surface area contributed by atoms with Crippen molar-refractivity contribution in [3.63, 3.8) is 0 Å². The molecule has 1 aromatic rings. The number of nitro benzene ring substituents is 1. The summed E-state index contributed by atoms with van der Waals surface area (Å²) in [7, 11) is 1.01. The molecule has 9 heteroatoms. The molecule has 21 heavy (non-hydrogen) atoms. The first-order valence-electron chi connectivity index (χ1n) is 6.11. The summed E-state index contributed by atoms with van der Waals surface area (Å²) >= 11 is 0. The molecule has 0 N–H and O–H groups in total. The van der Waals surface area contributed by atoms with Gasteiger partial charge in [0, 0.05) is 22.3 Å². The van der Waals surface area contributed by atoms with Crippen molar-refractivity contribution >= 4 is 31.4 Å². The van der Waals surface area contributed by atoms with Crippen molar-refractivity contribution in [3.8, 4) is 0 Å². The van der Waals surface area contributed by atoms with Gasteiger partial charge in [-0.1, -0.05) is 0 Å². The van der Waals surface area contributed by atoms with Gasteiger partial charge in [0.15, 0.2) is 0 Å². The van der Waals surface area contributed by atoms with Gasteiger partial charge in [-0.2, -0.15) is 0 Å². The number of nitrogens with zero attached hydrogens (tertiary/aromatic N) is 1. The predicted octanol–water partition coefficient (Wildman–Crippen LogP) is 2.40. The fraction of sp³-hybridized carbons (Fsp3) is 0.417. The number of hydrogen-bond acceptors (Lipinski definition) is 6. The Morgan fingerprint density at radius 3 is 2.57 bits per heavy atom. The zero-order chi connectivity index (χ0) is 15.8. The summed E-state index contributed by atoms with van der Waals surface area (Å²) in [6.07, 6.45) is 1.95. The number of ether oxygens (including phenoxy) is 1. The Kier molecular flexibility index (Phi) is 4.20. The molecule has 0 bridgehead atoms. The van der Waals surface area contributed by atoms with E-state index in [0.29, 0.717) is 5.92 Å². The van der Waals surface area contributed by atoms with E-state index in [1.165, 1.54) is 6.92 Å². The molecule has 0 unspecified atom stereocenters. The van der Waals surface area contributed by atoms with Crippen LogP contribution in [-0.4, -0.2) is 25.9 Å². The second-order valence-corrected chi connectivity index (χ2v) is 7.42. The lowest BCUT2D eigenvalue weighted by Crippen LogP contribution is -2.11. The minimum absolute atomic E-state index is 0.0462. The van der Waals surface area contributed by atoms with Crippen LogP contribution in [0.15, 0.2) is 17.0 Å². The highest BCUT2D eigenvalue weighted by Crippen LogP contribution is 2.31. The maximum absolute atomic E-state index is 12.0. The lowest BCUT2D eigenvalue weighted by molar-refractivity contribution is -0.385. The van der Waals surface area contributed by atoms with Gasteiger partial charge in [0.05, 0.1) is 22.0 Å². The number of esters is 1. The van der Waals surface area contributed by atoms with Crippen molar-refractivity contribution in [2.75, 3.05) is 6.61 Å². The summed E-state index contributed by atoms with van der Waals surface area (Å²) in [6, 6.07) is 1.83. The van der Waals surface area contributed by atoms with E-state index in [-0.39, 0.29) is 17.7 Å². The third-order valence-electron chi connectivity index (χ3n) is 3.20. The van der Waals surface area contributed by atoms with Crippen molar-refractivity contribution in [1.29, 1.82) is 0 Å². The van der Waals surface area contributed by atoms with Gasteiger partial charge in [0.1, 0.15) is 0 Å². The fourth-order valence-electron chi connectivity index (χ4n) is 1.77. The van der Waals surface area contributed by atoms with Crippen LogP contribution in [0.5, 0.6) is 0 Å². The Hall–Kier alpha value is -1.67. The maximum Gasteiger partial charge on any atom is 0.338 e. The molecule has 0 aromatic heterocycles. The number of carbonyl (C=O) groups excluding carboxylic acids is 1. The van der Waals surface area contributed by atoms with Gasteiger partial charge in [-0.25, -0.2) is 13.2 Å². The summed E-state index contributed by atoms with van der Waals surface area (Å²) in [5.74, 6) is -0.464. The van der Waals surface area contributed by atoms with Crippen LogP contribution in [0.25, 0.3) is 0 Å². The van der Waals surface area contributed by atoms with Crippen molar-refractivity contribution in [2.45, 2.75) is 24.7 Å². The second kappa shape index (κ2) is 5.61. The Balaban J connectivity index is 2.44. The average Bonchev–Trinajstić information content (AvgIpc) is 3.18. The molecule has 0 atom stereocenters. The molecule has 2 rings (SSSR count). The number of carbonyl (C=O) groups is 1. The van der Waals surface area contributed by atoms with E-state index < -0.39 is 30.5 Å².